The van der Waals surface area contributed by atoms with E-state index in [1.807, 2.05) is 19.0 Å². The van der Waals surface area contributed by atoms with Gasteiger partial charge in [-0.3, -0.25) is 4.79 Å². The summed E-state index contributed by atoms with van der Waals surface area (Å²) in [5, 5.41) is 0.628. The summed E-state index contributed by atoms with van der Waals surface area (Å²) >= 11 is 1.29. The van der Waals surface area contributed by atoms with E-state index in [2.05, 4.69) is 0 Å². The zero-order valence-corrected chi connectivity index (χ0v) is 24.2. The summed E-state index contributed by atoms with van der Waals surface area (Å²) in [6.45, 7) is 1.26. The number of benzene rings is 3. The Balaban J connectivity index is 1.75. The van der Waals surface area contributed by atoms with Crippen LogP contribution in [0.2, 0.25) is 0 Å². The fraction of sp³-hybridized carbons (Fsp3) is 0.222. The predicted octanol–water partition coefficient (Wildman–Crippen LogP) is 4.42. The third kappa shape index (κ3) is 7.57. The summed E-state index contributed by atoms with van der Waals surface area (Å²) in [6, 6.07) is 18.0. The number of carbonyl (C=O) groups is 1. The monoisotopic (exact) mass is 589 g/mol. The van der Waals surface area contributed by atoms with Crippen LogP contribution in [0.3, 0.4) is 0 Å². The van der Waals surface area contributed by atoms with Crippen LogP contribution in [-0.4, -0.2) is 67.3 Å². The Kier molecular flexibility index (Phi) is 8.31. The molecule has 3 aromatic carbocycles. The maximum atomic E-state index is 13.8. The van der Waals surface area contributed by atoms with E-state index in [-0.39, 0.29) is 17.3 Å². The fourth-order valence-corrected chi connectivity index (χ4v) is 5.91. The lowest BCUT2D eigenvalue weighted by molar-refractivity contribution is 0.104. The molecule has 0 bridgehead atoms. The third-order valence-corrected chi connectivity index (χ3v) is 7.62. The van der Waals surface area contributed by atoms with E-state index in [0.29, 0.717) is 44.0 Å². The van der Waals surface area contributed by atoms with Crippen LogP contribution >= 0.6 is 11.3 Å². The lowest BCUT2D eigenvalue weighted by atomic mass is 9.97. The molecule has 9 nitrogen and oxygen atoms in total. The highest BCUT2D eigenvalue weighted by atomic mass is 32.2. The molecule has 0 fully saturated rings. The van der Waals surface area contributed by atoms with E-state index in [0.717, 1.165) is 19.1 Å². The Morgan fingerprint density at radius 2 is 1.36 bits per heavy atom. The molecular weight excluding hydrogens is 562 g/mol. The van der Waals surface area contributed by atoms with Crippen LogP contribution in [0.4, 0.5) is 0 Å². The van der Waals surface area contributed by atoms with Crippen molar-refractivity contribution in [1.29, 1.82) is 0 Å². The van der Waals surface area contributed by atoms with E-state index in [4.69, 9.17) is 13.1 Å². The van der Waals surface area contributed by atoms with Crippen LogP contribution in [-0.2, 0) is 20.2 Å². The number of ether oxygens (including phenoxy) is 1. The van der Waals surface area contributed by atoms with Gasteiger partial charge in [0.05, 0.1) is 12.5 Å². The summed E-state index contributed by atoms with van der Waals surface area (Å²) in [5.74, 6) is 0.689. The molecule has 0 amide bonds. The van der Waals surface area contributed by atoms with Gasteiger partial charge in [0.15, 0.2) is 5.78 Å². The summed E-state index contributed by atoms with van der Waals surface area (Å²) < 4.78 is 62.6. The molecule has 39 heavy (non-hydrogen) atoms. The molecule has 0 saturated heterocycles. The molecule has 4 aromatic rings. The zero-order valence-electron chi connectivity index (χ0n) is 21.7. The number of thiophene rings is 1. The summed E-state index contributed by atoms with van der Waals surface area (Å²) in [7, 11) is -3.52. The van der Waals surface area contributed by atoms with Gasteiger partial charge < -0.3 is 18.0 Å². The zero-order chi connectivity index (χ0) is 28.4. The molecule has 0 spiro atoms. The van der Waals surface area contributed by atoms with E-state index in [1.165, 1.54) is 29.5 Å². The number of ketones is 1. The van der Waals surface area contributed by atoms with E-state index in [1.54, 1.807) is 48.5 Å². The molecule has 4 rings (SSSR count). The van der Waals surface area contributed by atoms with Crippen molar-refractivity contribution in [2.45, 2.75) is 0 Å². The largest absolute Gasteiger partial charge is 0.492 e. The smallest absolute Gasteiger partial charge is 0.306 e. The van der Waals surface area contributed by atoms with Gasteiger partial charge in [-0.1, -0.05) is 0 Å². The highest BCUT2D eigenvalue weighted by molar-refractivity contribution is 7.86. The van der Waals surface area contributed by atoms with Crippen LogP contribution in [0, 0.1) is 0 Å². The molecule has 1 heterocycles. The van der Waals surface area contributed by atoms with Gasteiger partial charge in [-0.2, -0.15) is 16.8 Å². The van der Waals surface area contributed by atoms with Crippen molar-refractivity contribution in [2.75, 3.05) is 39.8 Å². The summed E-state index contributed by atoms with van der Waals surface area (Å²) in [5.41, 5.74) is 1.54. The van der Waals surface area contributed by atoms with Crippen LogP contribution in [0.15, 0.2) is 66.7 Å². The highest BCUT2D eigenvalue weighted by Crippen LogP contribution is 2.42. The lowest BCUT2D eigenvalue weighted by Gasteiger charge is -2.11. The number of hydrogen-bond donors (Lipinski definition) is 0. The van der Waals surface area contributed by atoms with Gasteiger partial charge in [-0.15, -0.1) is 11.3 Å². The van der Waals surface area contributed by atoms with Crippen LogP contribution in [0.25, 0.3) is 20.5 Å². The summed E-state index contributed by atoms with van der Waals surface area (Å²) in [6.07, 6.45) is 1.92. The van der Waals surface area contributed by atoms with Crippen LogP contribution in [0.1, 0.15) is 15.9 Å². The van der Waals surface area contributed by atoms with Crippen LogP contribution < -0.4 is 13.1 Å². The van der Waals surface area contributed by atoms with E-state index in [9.17, 15) is 21.6 Å². The predicted molar refractivity (Wildman–Crippen MR) is 152 cm³/mol. The number of nitrogens with zero attached hydrogens (tertiary/aromatic N) is 1. The standard InChI is InChI=1S/C27H27NO8S3/c1-28(2)15-16-34-20-9-5-18(6-10-20)26(29)25-23-14-13-22(36-39(4,32)33)17-24(23)37-27(25)19-7-11-21(12-8-19)35-38(3,30)31/h5-14,17H,15-16H2,1-4H3. The van der Waals surface area contributed by atoms with Crippen molar-refractivity contribution in [3.05, 3.63) is 77.9 Å². The first-order valence-electron chi connectivity index (χ1n) is 11.7. The molecule has 206 valence electrons. The molecule has 0 N–H and O–H groups in total. The van der Waals surface area contributed by atoms with Gasteiger partial charge in [0.2, 0.25) is 0 Å². The third-order valence-electron chi connectivity index (χ3n) is 5.42. The minimum absolute atomic E-state index is 0.132. The second-order valence-electron chi connectivity index (χ2n) is 9.07. The quantitative estimate of drug-likeness (QED) is 0.185. The van der Waals surface area contributed by atoms with E-state index >= 15 is 0 Å². The first-order valence-corrected chi connectivity index (χ1v) is 16.1. The second kappa shape index (κ2) is 11.3. The molecule has 0 aliphatic rings. The number of likely N-dealkylation sites (N-methyl/N-ethyl adjacent to an activating group) is 1. The molecule has 0 saturated carbocycles. The Bertz CT molecular complexity index is 1710. The highest BCUT2D eigenvalue weighted by Gasteiger charge is 2.23. The average molecular weight is 590 g/mol. The summed E-state index contributed by atoms with van der Waals surface area (Å²) in [4.78, 5) is 16.5. The van der Waals surface area contributed by atoms with Crippen molar-refractivity contribution in [3.63, 3.8) is 0 Å². The average Bonchev–Trinajstić information content (AvgIpc) is 3.21. The first kappa shape index (κ1) is 28.6. The molecule has 0 radical (unpaired) electrons. The molecule has 1 aromatic heterocycles. The Labute approximate surface area is 231 Å². The Hall–Kier alpha value is -3.45. The molecule has 0 aliphatic carbocycles. The maximum Gasteiger partial charge on any atom is 0.306 e. The van der Waals surface area contributed by atoms with Crippen LogP contribution in [0.5, 0.6) is 17.2 Å². The minimum atomic E-state index is -3.74. The Morgan fingerprint density at radius 3 is 1.95 bits per heavy atom. The molecule has 12 heteroatoms. The maximum absolute atomic E-state index is 13.8. The van der Waals surface area contributed by atoms with Gasteiger partial charge in [0.25, 0.3) is 0 Å². The number of rotatable bonds is 11. The minimum Gasteiger partial charge on any atom is -0.492 e. The Morgan fingerprint density at radius 1 is 0.795 bits per heavy atom. The molecular formula is C27H27NO8S3. The number of carbonyl (C=O) groups excluding carboxylic acids is 1. The van der Waals surface area contributed by atoms with Gasteiger partial charge in [0, 0.05) is 32.6 Å². The molecule has 0 unspecified atom stereocenters. The molecule has 0 atom stereocenters. The SMILES string of the molecule is CN(C)CCOc1ccc(C(=O)c2c(-c3ccc(OS(C)(=O)=O)cc3)sc3cc(OS(C)(=O)=O)ccc23)cc1. The fourth-order valence-electron chi connectivity index (χ4n) is 3.76. The number of hydrogen-bond acceptors (Lipinski definition) is 10. The van der Waals surface area contributed by atoms with Crippen molar-refractivity contribution >= 4 is 47.4 Å². The van der Waals surface area contributed by atoms with Gasteiger partial charge in [0.1, 0.15) is 23.9 Å². The van der Waals surface area contributed by atoms with Gasteiger partial charge >= 0.3 is 20.2 Å². The van der Waals surface area contributed by atoms with Crippen molar-refractivity contribution in [3.8, 4) is 27.7 Å². The first-order chi connectivity index (χ1) is 18.3. The van der Waals surface area contributed by atoms with E-state index < -0.39 is 20.2 Å². The normalized spacial score (nSPS) is 12.0. The van der Waals surface area contributed by atoms with Crippen molar-refractivity contribution in [2.24, 2.45) is 0 Å². The van der Waals surface area contributed by atoms with Crippen molar-refractivity contribution < 1.29 is 34.7 Å². The number of fused-ring (bicyclic) bond motifs is 1. The van der Waals surface area contributed by atoms with Gasteiger partial charge in [-0.05, 0) is 86.4 Å². The lowest BCUT2D eigenvalue weighted by Crippen LogP contribution is -2.19. The van der Waals surface area contributed by atoms with Crippen molar-refractivity contribution in [1.82, 2.24) is 4.90 Å². The topological polar surface area (TPSA) is 116 Å². The second-order valence-corrected chi connectivity index (χ2v) is 13.3. The van der Waals surface area contributed by atoms with Gasteiger partial charge in [-0.25, -0.2) is 0 Å². The molecule has 0 aliphatic heterocycles.